The Bertz CT molecular complexity index is 1640. The third-order valence-corrected chi connectivity index (χ3v) is 7.07. The zero-order chi connectivity index (χ0) is 24.1. The molecule has 2 amide bonds. The van der Waals surface area contributed by atoms with Gasteiger partial charge in [-0.25, -0.2) is 4.98 Å². The van der Waals surface area contributed by atoms with Crippen molar-refractivity contribution >= 4 is 50.7 Å². The van der Waals surface area contributed by atoms with E-state index < -0.39 is 6.04 Å². The lowest BCUT2D eigenvalue weighted by Gasteiger charge is -2.18. The lowest BCUT2D eigenvalue weighted by molar-refractivity contribution is 0.0955. The highest BCUT2D eigenvalue weighted by molar-refractivity contribution is 7.13. The minimum atomic E-state index is -0.566. The van der Waals surface area contributed by atoms with Crippen molar-refractivity contribution in [2.75, 3.05) is 5.32 Å². The van der Waals surface area contributed by atoms with Crippen LogP contribution in [0.5, 0.6) is 0 Å². The Labute approximate surface area is 208 Å². The number of halogens is 1. The normalized spacial score (nSPS) is 14.7. The molecule has 1 aliphatic rings. The molecule has 0 fully saturated rings. The molecule has 0 saturated heterocycles. The topological polar surface area (TPSA) is 102 Å². The number of nitrogens with zero attached hydrogens (tertiary/aromatic N) is 4. The van der Waals surface area contributed by atoms with E-state index in [1.165, 1.54) is 11.5 Å². The van der Waals surface area contributed by atoms with Crippen molar-refractivity contribution in [2.45, 2.75) is 6.04 Å². The first kappa shape index (κ1) is 21.5. The highest BCUT2D eigenvalue weighted by atomic mass is 35.5. The van der Waals surface area contributed by atoms with E-state index in [1.54, 1.807) is 36.3 Å². The fourth-order valence-corrected chi connectivity index (χ4v) is 5.29. The number of aryl methyl sites for hydroxylation is 1. The minimum absolute atomic E-state index is 0.231. The Morgan fingerprint density at radius 2 is 1.97 bits per heavy atom. The van der Waals surface area contributed by atoms with Crippen molar-refractivity contribution < 1.29 is 9.59 Å². The van der Waals surface area contributed by atoms with Crippen LogP contribution < -0.4 is 10.6 Å². The molecule has 0 aliphatic carbocycles. The van der Waals surface area contributed by atoms with E-state index >= 15 is 0 Å². The molecule has 1 aliphatic heterocycles. The van der Waals surface area contributed by atoms with Gasteiger partial charge in [-0.2, -0.15) is 9.47 Å². The summed E-state index contributed by atoms with van der Waals surface area (Å²) in [6.45, 7) is 0. The smallest absolute Gasteiger partial charge is 0.276 e. The molecular formula is C25H17ClN6O2S. The van der Waals surface area contributed by atoms with E-state index in [4.69, 9.17) is 11.6 Å². The van der Waals surface area contributed by atoms with Crippen molar-refractivity contribution in [3.63, 3.8) is 0 Å². The summed E-state index contributed by atoms with van der Waals surface area (Å²) in [5.41, 5.74) is 3.53. The summed E-state index contributed by atoms with van der Waals surface area (Å²) in [4.78, 5) is 31.1. The van der Waals surface area contributed by atoms with Gasteiger partial charge in [0, 0.05) is 34.8 Å². The maximum atomic E-state index is 13.4. The second-order valence-corrected chi connectivity index (χ2v) is 9.34. The van der Waals surface area contributed by atoms with Crippen molar-refractivity contribution in [3.8, 4) is 11.3 Å². The zero-order valence-electron chi connectivity index (χ0n) is 18.3. The second kappa shape index (κ2) is 8.30. The van der Waals surface area contributed by atoms with Gasteiger partial charge in [0.25, 0.3) is 11.8 Å². The van der Waals surface area contributed by atoms with Gasteiger partial charge in [0.1, 0.15) is 11.4 Å². The van der Waals surface area contributed by atoms with Crippen LogP contribution in [0.25, 0.3) is 21.3 Å². The Morgan fingerprint density at radius 1 is 1.17 bits per heavy atom. The molecule has 4 heterocycles. The third-order valence-electron chi connectivity index (χ3n) is 5.90. The lowest BCUT2D eigenvalue weighted by atomic mass is 9.97. The van der Waals surface area contributed by atoms with Gasteiger partial charge in [-0.3, -0.25) is 14.3 Å². The zero-order valence-corrected chi connectivity index (χ0v) is 19.9. The highest BCUT2D eigenvalue weighted by Crippen LogP contribution is 2.40. The summed E-state index contributed by atoms with van der Waals surface area (Å²) < 4.78 is 6.94. The number of nitrogens with one attached hydrogen (secondary N) is 2. The number of carbonyl (C=O) groups is 2. The molecule has 35 heavy (non-hydrogen) atoms. The number of amides is 2. The maximum Gasteiger partial charge on any atom is 0.276 e. The van der Waals surface area contributed by atoms with Gasteiger partial charge < -0.3 is 10.6 Å². The van der Waals surface area contributed by atoms with E-state index in [1.807, 2.05) is 42.5 Å². The van der Waals surface area contributed by atoms with Crippen molar-refractivity contribution in [3.05, 3.63) is 94.5 Å². The molecule has 0 spiro atoms. The van der Waals surface area contributed by atoms with Gasteiger partial charge in [0.15, 0.2) is 0 Å². The van der Waals surface area contributed by atoms with Crippen LogP contribution in [0.15, 0.2) is 67.0 Å². The molecule has 8 nitrogen and oxygen atoms in total. The molecule has 6 rings (SSSR count). The number of benzene rings is 2. The summed E-state index contributed by atoms with van der Waals surface area (Å²) in [6, 6.07) is 16.0. The molecule has 5 aromatic rings. The van der Waals surface area contributed by atoms with Gasteiger partial charge in [-0.05, 0) is 35.3 Å². The van der Waals surface area contributed by atoms with Crippen LogP contribution in [-0.4, -0.2) is 31.0 Å². The van der Waals surface area contributed by atoms with Crippen molar-refractivity contribution in [2.24, 2.45) is 7.05 Å². The van der Waals surface area contributed by atoms with E-state index in [2.05, 4.69) is 25.1 Å². The maximum absolute atomic E-state index is 13.4. The number of anilines is 1. The molecule has 1 atom stereocenters. The van der Waals surface area contributed by atoms with Gasteiger partial charge in [0.2, 0.25) is 0 Å². The van der Waals surface area contributed by atoms with E-state index in [0.29, 0.717) is 33.2 Å². The highest BCUT2D eigenvalue weighted by Gasteiger charge is 2.36. The molecule has 2 aromatic carbocycles. The van der Waals surface area contributed by atoms with Crippen LogP contribution in [-0.2, 0) is 7.05 Å². The van der Waals surface area contributed by atoms with Crippen LogP contribution in [0.4, 0.5) is 5.69 Å². The number of carbonyl (C=O) groups excluding carboxylic acids is 2. The van der Waals surface area contributed by atoms with Crippen molar-refractivity contribution in [1.82, 2.24) is 24.5 Å². The van der Waals surface area contributed by atoms with Crippen LogP contribution in [0.2, 0.25) is 5.02 Å². The number of hydrogen-bond donors (Lipinski definition) is 2. The minimum Gasteiger partial charge on any atom is -0.340 e. The first-order chi connectivity index (χ1) is 17.0. The molecule has 1 unspecified atom stereocenters. The Kier molecular flexibility index (Phi) is 5.09. The Morgan fingerprint density at radius 3 is 2.77 bits per heavy atom. The van der Waals surface area contributed by atoms with Gasteiger partial charge >= 0.3 is 0 Å². The fraction of sp³-hybridized carbons (Fsp3) is 0.0800. The Hall–Kier alpha value is -4.08. The quantitative estimate of drug-likeness (QED) is 0.368. The number of pyridine rings is 1. The SMILES string of the molecule is Cn1cc(-c2cc(NC(=O)c3nsc4ccccc34)c3c(n2)C(=O)NC3c2ccccc2Cl)cn1. The molecule has 2 N–H and O–H groups in total. The van der Waals surface area contributed by atoms with Crippen LogP contribution >= 0.6 is 23.1 Å². The van der Waals surface area contributed by atoms with Crippen LogP contribution in [0.3, 0.4) is 0 Å². The number of aromatic nitrogens is 4. The predicted octanol–water partition coefficient (Wildman–Crippen LogP) is 4.83. The van der Waals surface area contributed by atoms with Crippen LogP contribution in [0.1, 0.15) is 38.1 Å². The summed E-state index contributed by atoms with van der Waals surface area (Å²) in [7, 11) is 1.80. The molecule has 0 radical (unpaired) electrons. The van der Waals surface area contributed by atoms with Gasteiger partial charge in [-0.15, -0.1) is 0 Å². The second-order valence-electron chi connectivity index (χ2n) is 8.13. The van der Waals surface area contributed by atoms with Crippen molar-refractivity contribution in [1.29, 1.82) is 0 Å². The van der Waals surface area contributed by atoms with E-state index in [-0.39, 0.29) is 17.5 Å². The number of rotatable bonds is 4. The standard InChI is InChI=1S/C25H17ClN6O2S/c1-32-12-13(11-27-32)17-10-18(29-24(33)22-15-7-3-5-9-19(15)35-31-22)20-21(30-25(34)23(20)28-17)14-6-2-4-8-16(14)26/h2-12,21H,1H3,(H,30,34)(H,28,29,33). The molecular weight excluding hydrogens is 484 g/mol. The monoisotopic (exact) mass is 500 g/mol. The van der Waals surface area contributed by atoms with E-state index in [9.17, 15) is 9.59 Å². The molecule has 0 bridgehead atoms. The first-order valence-corrected chi connectivity index (χ1v) is 11.9. The molecule has 0 saturated carbocycles. The number of hydrogen-bond acceptors (Lipinski definition) is 6. The van der Waals surface area contributed by atoms with E-state index in [0.717, 1.165) is 15.6 Å². The fourth-order valence-electron chi connectivity index (χ4n) is 4.27. The molecule has 3 aromatic heterocycles. The largest absolute Gasteiger partial charge is 0.340 e. The molecule has 10 heteroatoms. The average Bonchev–Trinajstić information content (AvgIpc) is 3.57. The Balaban J connectivity index is 1.51. The van der Waals surface area contributed by atoms with Gasteiger partial charge in [0.05, 0.1) is 28.3 Å². The predicted molar refractivity (Wildman–Crippen MR) is 135 cm³/mol. The summed E-state index contributed by atoms with van der Waals surface area (Å²) >= 11 is 7.74. The third kappa shape index (κ3) is 3.65. The first-order valence-electron chi connectivity index (χ1n) is 10.7. The summed E-state index contributed by atoms with van der Waals surface area (Å²) in [5.74, 6) is -0.712. The van der Waals surface area contributed by atoms with Crippen LogP contribution in [0, 0.1) is 0 Å². The molecule has 172 valence electrons. The summed E-state index contributed by atoms with van der Waals surface area (Å²) in [6.07, 6.45) is 3.46. The lowest BCUT2D eigenvalue weighted by Crippen LogP contribution is -2.21. The van der Waals surface area contributed by atoms with Gasteiger partial charge in [-0.1, -0.05) is 48.0 Å². The number of fused-ring (bicyclic) bond motifs is 2. The average molecular weight is 501 g/mol. The summed E-state index contributed by atoms with van der Waals surface area (Å²) in [5, 5.41) is 11.4.